The molecular weight excluding hydrogens is 298 g/mol. The minimum atomic E-state index is -0.232. The number of para-hydroxylation sites is 2. The van der Waals surface area contributed by atoms with Gasteiger partial charge in [-0.15, -0.1) is 0 Å². The molecule has 22 heavy (non-hydrogen) atoms. The standard InChI is InChI=1S/C18H16ClNO2/c1-2-13-22-17-6-4-3-5-16(17)20-18(21)12-9-14-7-10-15(19)11-8-14/h2-12H,1,13H2,(H,20,21)/b12-9+. The number of hydrogen-bond acceptors (Lipinski definition) is 2. The van der Waals surface area contributed by atoms with Crippen LogP contribution >= 0.6 is 11.6 Å². The van der Waals surface area contributed by atoms with Gasteiger partial charge in [-0.05, 0) is 35.9 Å². The summed E-state index contributed by atoms with van der Waals surface area (Å²) in [6, 6.07) is 14.5. The molecule has 0 aliphatic carbocycles. The molecule has 0 fully saturated rings. The van der Waals surface area contributed by atoms with Crippen molar-refractivity contribution >= 4 is 29.3 Å². The molecule has 0 aliphatic heterocycles. The van der Waals surface area contributed by atoms with Gasteiger partial charge in [-0.3, -0.25) is 4.79 Å². The molecule has 0 aliphatic rings. The summed E-state index contributed by atoms with van der Waals surface area (Å²) >= 11 is 5.82. The van der Waals surface area contributed by atoms with E-state index in [0.29, 0.717) is 23.1 Å². The summed E-state index contributed by atoms with van der Waals surface area (Å²) in [5.74, 6) is 0.375. The predicted octanol–water partition coefficient (Wildman–Crippen LogP) is 4.56. The average molecular weight is 314 g/mol. The summed E-state index contributed by atoms with van der Waals surface area (Å²) < 4.78 is 5.49. The lowest BCUT2D eigenvalue weighted by Crippen LogP contribution is -2.09. The number of benzene rings is 2. The molecule has 1 amide bonds. The minimum absolute atomic E-state index is 0.232. The van der Waals surface area contributed by atoms with Crippen LogP contribution in [0.5, 0.6) is 5.75 Å². The number of nitrogens with one attached hydrogen (secondary N) is 1. The van der Waals surface area contributed by atoms with E-state index in [1.54, 1.807) is 36.4 Å². The number of carbonyl (C=O) groups excluding carboxylic acids is 1. The zero-order chi connectivity index (χ0) is 15.8. The minimum Gasteiger partial charge on any atom is -0.487 e. The first-order valence-corrected chi connectivity index (χ1v) is 7.14. The molecule has 0 bridgehead atoms. The van der Waals surface area contributed by atoms with Crippen LogP contribution < -0.4 is 10.1 Å². The molecule has 0 atom stereocenters. The van der Waals surface area contributed by atoms with Gasteiger partial charge in [0, 0.05) is 11.1 Å². The van der Waals surface area contributed by atoms with Crippen LogP contribution in [0.4, 0.5) is 5.69 Å². The highest BCUT2D eigenvalue weighted by atomic mass is 35.5. The Labute approximate surface area is 134 Å². The van der Waals surface area contributed by atoms with E-state index in [9.17, 15) is 4.79 Å². The number of hydrogen-bond donors (Lipinski definition) is 1. The second-order valence-corrected chi connectivity index (χ2v) is 4.91. The van der Waals surface area contributed by atoms with Crippen LogP contribution in [0.2, 0.25) is 5.02 Å². The van der Waals surface area contributed by atoms with E-state index in [1.165, 1.54) is 6.08 Å². The van der Waals surface area contributed by atoms with E-state index in [2.05, 4.69) is 11.9 Å². The molecule has 2 aromatic rings. The summed E-state index contributed by atoms with van der Waals surface area (Å²) in [7, 11) is 0. The molecule has 2 aromatic carbocycles. The predicted molar refractivity (Wildman–Crippen MR) is 91.2 cm³/mol. The Balaban J connectivity index is 2.02. The molecule has 0 unspecified atom stereocenters. The average Bonchev–Trinajstić information content (AvgIpc) is 2.53. The Morgan fingerprint density at radius 2 is 1.91 bits per heavy atom. The lowest BCUT2D eigenvalue weighted by Gasteiger charge is -2.09. The van der Waals surface area contributed by atoms with Crippen molar-refractivity contribution in [3.8, 4) is 5.75 Å². The third-order valence-corrected chi connectivity index (χ3v) is 3.05. The highest BCUT2D eigenvalue weighted by Crippen LogP contribution is 2.23. The van der Waals surface area contributed by atoms with Gasteiger partial charge in [0.05, 0.1) is 5.69 Å². The normalized spacial score (nSPS) is 10.4. The zero-order valence-corrected chi connectivity index (χ0v) is 12.7. The lowest BCUT2D eigenvalue weighted by atomic mass is 10.2. The quantitative estimate of drug-likeness (QED) is 0.627. The van der Waals surface area contributed by atoms with Crippen LogP contribution in [0.25, 0.3) is 6.08 Å². The fourth-order valence-corrected chi connectivity index (χ4v) is 1.89. The third-order valence-electron chi connectivity index (χ3n) is 2.80. The van der Waals surface area contributed by atoms with Crippen LogP contribution in [0.3, 0.4) is 0 Å². The molecule has 0 heterocycles. The SMILES string of the molecule is C=CCOc1ccccc1NC(=O)/C=C/c1ccc(Cl)cc1. The Morgan fingerprint density at radius 1 is 1.18 bits per heavy atom. The summed E-state index contributed by atoms with van der Waals surface area (Å²) in [6.45, 7) is 3.99. The Hall–Kier alpha value is -2.52. The molecule has 1 N–H and O–H groups in total. The van der Waals surface area contributed by atoms with Gasteiger partial charge in [0.25, 0.3) is 0 Å². The van der Waals surface area contributed by atoms with Crippen LogP contribution in [-0.2, 0) is 4.79 Å². The fourth-order valence-electron chi connectivity index (χ4n) is 1.76. The van der Waals surface area contributed by atoms with Crippen molar-refractivity contribution in [1.29, 1.82) is 0 Å². The van der Waals surface area contributed by atoms with Gasteiger partial charge < -0.3 is 10.1 Å². The number of ether oxygens (including phenoxy) is 1. The maximum atomic E-state index is 12.0. The molecule has 0 spiro atoms. The van der Waals surface area contributed by atoms with E-state index in [1.807, 2.05) is 24.3 Å². The van der Waals surface area contributed by atoms with Gasteiger partial charge in [-0.2, -0.15) is 0 Å². The van der Waals surface area contributed by atoms with Crippen molar-refractivity contribution < 1.29 is 9.53 Å². The Morgan fingerprint density at radius 3 is 2.64 bits per heavy atom. The molecule has 0 saturated heterocycles. The largest absolute Gasteiger partial charge is 0.487 e. The highest BCUT2D eigenvalue weighted by molar-refractivity contribution is 6.30. The molecule has 0 saturated carbocycles. The first-order chi connectivity index (χ1) is 10.7. The second-order valence-electron chi connectivity index (χ2n) is 4.47. The van der Waals surface area contributed by atoms with Crippen molar-refractivity contribution in [3.63, 3.8) is 0 Å². The summed E-state index contributed by atoms with van der Waals surface area (Å²) in [6.07, 6.45) is 4.84. The maximum absolute atomic E-state index is 12.0. The smallest absolute Gasteiger partial charge is 0.248 e. The van der Waals surface area contributed by atoms with Gasteiger partial charge >= 0.3 is 0 Å². The van der Waals surface area contributed by atoms with Crippen molar-refractivity contribution in [3.05, 3.63) is 77.8 Å². The third kappa shape index (κ3) is 4.79. The summed E-state index contributed by atoms with van der Waals surface area (Å²) in [5, 5.41) is 3.45. The van der Waals surface area contributed by atoms with Crippen LogP contribution in [0.1, 0.15) is 5.56 Å². The second kappa shape index (κ2) is 8.05. The van der Waals surface area contributed by atoms with Gasteiger partial charge in [-0.1, -0.05) is 48.5 Å². The van der Waals surface area contributed by atoms with E-state index >= 15 is 0 Å². The van der Waals surface area contributed by atoms with Crippen molar-refractivity contribution in [2.24, 2.45) is 0 Å². The zero-order valence-electron chi connectivity index (χ0n) is 12.0. The van der Waals surface area contributed by atoms with Crippen molar-refractivity contribution in [2.75, 3.05) is 11.9 Å². The van der Waals surface area contributed by atoms with Gasteiger partial charge in [-0.25, -0.2) is 0 Å². The van der Waals surface area contributed by atoms with Crippen LogP contribution in [-0.4, -0.2) is 12.5 Å². The fraction of sp³-hybridized carbons (Fsp3) is 0.0556. The lowest BCUT2D eigenvalue weighted by molar-refractivity contribution is -0.111. The number of carbonyl (C=O) groups is 1. The van der Waals surface area contributed by atoms with Crippen molar-refractivity contribution in [2.45, 2.75) is 0 Å². The van der Waals surface area contributed by atoms with Crippen molar-refractivity contribution in [1.82, 2.24) is 0 Å². The molecule has 112 valence electrons. The summed E-state index contributed by atoms with van der Waals surface area (Å²) in [5.41, 5.74) is 1.52. The molecule has 2 rings (SSSR count). The van der Waals surface area contributed by atoms with E-state index in [0.717, 1.165) is 5.56 Å². The van der Waals surface area contributed by atoms with E-state index < -0.39 is 0 Å². The maximum Gasteiger partial charge on any atom is 0.248 e. The first kappa shape index (κ1) is 15.9. The van der Waals surface area contributed by atoms with Crippen LogP contribution in [0, 0.1) is 0 Å². The van der Waals surface area contributed by atoms with Crippen LogP contribution in [0.15, 0.2) is 67.3 Å². The molecule has 0 aromatic heterocycles. The topological polar surface area (TPSA) is 38.3 Å². The number of anilines is 1. The number of amides is 1. The number of halogens is 1. The highest BCUT2D eigenvalue weighted by Gasteiger charge is 2.04. The molecule has 3 nitrogen and oxygen atoms in total. The molecule has 0 radical (unpaired) electrons. The number of rotatable bonds is 6. The Kier molecular flexibility index (Phi) is 5.81. The monoisotopic (exact) mass is 313 g/mol. The van der Waals surface area contributed by atoms with E-state index in [-0.39, 0.29) is 5.91 Å². The first-order valence-electron chi connectivity index (χ1n) is 6.76. The van der Waals surface area contributed by atoms with E-state index in [4.69, 9.17) is 16.3 Å². The Bertz CT molecular complexity index is 678. The molecular formula is C18H16ClNO2. The molecule has 4 heteroatoms. The van der Waals surface area contributed by atoms with Gasteiger partial charge in [0.1, 0.15) is 12.4 Å². The summed E-state index contributed by atoms with van der Waals surface area (Å²) in [4.78, 5) is 12.0. The van der Waals surface area contributed by atoms with Gasteiger partial charge in [0.2, 0.25) is 5.91 Å². The van der Waals surface area contributed by atoms with Gasteiger partial charge in [0.15, 0.2) is 0 Å².